The number of pyridine rings is 1. The molecule has 0 atom stereocenters. The summed E-state index contributed by atoms with van der Waals surface area (Å²) < 4.78 is 10.7. The van der Waals surface area contributed by atoms with Gasteiger partial charge in [-0.1, -0.05) is 6.07 Å². The average molecular weight is 301 g/mol. The number of aromatic nitrogens is 1. The van der Waals surface area contributed by atoms with E-state index in [0.29, 0.717) is 25.5 Å². The van der Waals surface area contributed by atoms with Gasteiger partial charge in [-0.25, -0.2) is 4.79 Å². The first-order valence-corrected chi connectivity index (χ1v) is 7.43. The third-order valence-corrected chi connectivity index (χ3v) is 3.64. The molecule has 0 bridgehead atoms. The Kier molecular flexibility index (Phi) is 4.70. The van der Waals surface area contributed by atoms with Gasteiger partial charge >= 0.3 is 6.03 Å². The Hall–Kier alpha value is -2.34. The Morgan fingerprint density at radius 2 is 2.14 bits per heavy atom. The smallest absolute Gasteiger partial charge is 0.315 e. The molecule has 1 fully saturated rings. The van der Waals surface area contributed by atoms with Gasteiger partial charge in [-0.3, -0.25) is 4.98 Å². The minimum atomic E-state index is -0.166. The highest BCUT2D eigenvalue weighted by Gasteiger charge is 2.16. The topological polar surface area (TPSA) is 76.4 Å². The normalized spacial score (nSPS) is 15.5. The average Bonchev–Trinajstić information content (AvgIpc) is 3.08. The Bertz CT molecular complexity index is 607. The molecule has 2 aromatic rings. The zero-order chi connectivity index (χ0) is 15.2. The Balaban J connectivity index is 1.58. The van der Waals surface area contributed by atoms with Crippen LogP contribution in [-0.4, -0.2) is 30.3 Å². The van der Waals surface area contributed by atoms with Crippen molar-refractivity contribution in [2.24, 2.45) is 0 Å². The van der Waals surface area contributed by atoms with Crippen LogP contribution in [0.1, 0.15) is 18.4 Å². The van der Waals surface area contributed by atoms with Crippen LogP contribution in [0.2, 0.25) is 0 Å². The molecule has 6 heteroatoms. The fourth-order valence-corrected chi connectivity index (χ4v) is 2.47. The van der Waals surface area contributed by atoms with Gasteiger partial charge in [0.2, 0.25) is 0 Å². The highest BCUT2D eigenvalue weighted by Crippen LogP contribution is 2.21. The fraction of sp³-hybridized carbons (Fsp3) is 0.375. The minimum absolute atomic E-state index is 0.166. The van der Waals surface area contributed by atoms with Crippen molar-refractivity contribution < 1.29 is 13.9 Å². The van der Waals surface area contributed by atoms with Crippen LogP contribution in [0.25, 0.3) is 11.5 Å². The van der Waals surface area contributed by atoms with E-state index in [1.54, 1.807) is 12.5 Å². The second-order valence-electron chi connectivity index (χ2n) is 5.20. The highest BCUT2D eigenvalue weighted by molar-refractivity contribution is 5.74. The number of carbonyl (C=O) groups is 1. The first-order chi connectivity index (χ1) is 10.8. The summed E-state index contributed by atoms with van der Waals surface area (Å²) >= 11 is 0. The number of urea groups is 1. The standard InChI is InChI=1S/C16H19N3O3/c20-16(19-13-5-9-21-10-6-13)18-11-12-3-1-7-17-15(12)14-4-2-8-22-14/h1-4,7-8,13H,5-6,9-11H2,(H2,18,19,20). The lowest BCUT2D eigenvalue weighted by Crippen LogP contribution is -2.44. The van der Waals surface area contributed by atoms with Crippen LogP contribution in [0.5, 0.6) is 0 Å². The lowest BCUT2D eigenvalue weighted by molar-refractivity contribution is 0.0801. The molecule has 2 N–H and O–H groups in total. The van der Waals surface area contributed by atoms with Crippen LogP contribution in [-0.2, 0) is 11.3 Å². The van der Waals surface area contributed by atoms with Crippen molar-refractivity contribution in [3.05, 3.63) is 42.3 Å². The molecule has 1 aliphatic heterocycles. The van der Waals surface area contributed by atoms with Gasteiger partial charge in [0, 0.05) is 37.6 Å². The van der Waals surface area contributed by atoms with Crippen molar-refractivity contribution >= 4 is 6.03 Å². The second kappa shape index (κ2) is 7.09. The molecule has 0 aliphatic carbocycles. The largest absolute Gasteiger partial charge is 0.463 e. The number of nitrogens with one attached hydrogen (secondary N) is 2. The summed E-state index contributed by atoms with van der Waals surface area (Å²) in [6.45, 7) is 1.81. The number of furan rings is 1. The quantitative estimate of drug-likeness (QED) is 0.908. The fourth-order valence-electron chi connectivity index (χ4n) is 2.47. The molecule has 0 saturated carbocycles. The van der Waals surface area contributed by atoms with E-state index >= 15 is 0 Å². The van der Waals surface area contributed by atoms with Crippen molar-refractivity contribution in [1.82, 2.24) is 15.6 Å². The first kappa shape index (κ1) is 14.6. The van der Waals surface area contributed by atoms with E-state index in [0.717, 1.165) is 24.1 Å². The van der Waals surface area contributed by atoms with Gasteiger partial charge in [-0.05, 0) is 31.0 Å². The summed E-state index contributed by atoms with van der Waals surface area (Å²) in [5, 5.41) is 5.85. The number of amides is 2. The molecule has 2 aromatic heterocycles. The number of carbonyl (C=O) groups excluding carboxylic acids is 1. The van der Waals surface area contributed by atoms with E-state index in [4.69, 9.17) is 9.15 Å². The van der Waals surface area contributed by atoms with Crippen molar-refractivity contribution in [2.45, 2.75) is 25.4 Å². The number of hydrogen-bond donors (Lipinski definition) is 2. The number of rotatable bonds is 4. The highest BCUT2D eigenvalue weighted by atomic mass is 16.5. The van der Waals surface area contributed by atoms with E-state index in [1.165, 1.54) is 0 Å². The van der Waals surface area contributed by atoms with Crippen LogP contribution >= 0.6 is 0 Å². The maximum Gasteiger partial charge on any atom is 0.315 e. The molecule has 6 nitrogen and oxygen atoms in total. The van der Waals surface area contributed by atoms with Gasteiger partial charge in [0.15, 0.2) is 5.76 Å². The maximum atomic E-state index is 12.0. The summed E-state index contributed by atoms with van der Waals surface area (Å²) in [5.74, 6) is 0.697. The number of nitrogens with zero attached hydrogens (tertiary/aromatic N) is 1. The minimum Gasteiger partial charge on any atom is -0.463 e. The summed E-state index contributed by atoms with van der Waals surface area (Å²) in [5.41, 5.74) is 1.67. The van der Waals surface area contributed by atoms with E-state index in [1.807, 2.05) is 24.3 Å². The van der Waals surface area contributed by atoms with Gasteiger partial charge in [0.25, 0.3) is 0 Å². The molecule has 22 heavy (non-hydrogen) atoms. The molecule has 2 amide bonds. The molecule has 0 radical (unpaired) electrons. The van der Waals surface area contributed by atoms with Crippen molar-refractivity contribution in [3.63, 3.8) is 0 Å². The Morgan fingerprint density at radius 3 is 2.91 bits per heavy atom. The van der Waals surface area contributed by atoms with Crippen molar-refractivity contribution in [3.8, 4) is 11.5 Å². The van der Waals surface area contributed by atoms with E-state index in [-0.39, 0.29) is 12.1 Å². The van der Waals surface area contributed by atoms with Crippen LogP contribution < -0.4 is 10.6 Å². The van der Waals surface area contributed by atoms with Crippen LogP contribution in [0.15, 0.2) is 41.1 Å². The van der Waals surface area contributed by atoms with Gasteiger partial charge in [0.05, 0.1) is 6.26 Å². The predicted molar refractivity (Wildman–Crippen MR) is 81.2 cm³/mol. The zero-order valence-electron chi connectivity index (χ0n) is 12.2. The lowest BCUT2D eigenvalue weighted by Gasteiger charge is -2.23. The molecular formula is C16H19N3O3. The van der Waals surface area contributed by atoms with E-state index in [9.17, 15) is 4.79 Å². The molecule has 1 aliphatic rings. The summed E-state index contributed by atoms with van der Waals surface area (Å²) in [6, 6.07) is 7.47. The SMILES string of the molecule is O=C(NCc1cccnc1-c1ccco1)NC1CCOCC1. The zero-order valence-corrected chi connectivity index (χ0v) is 12.2. The van der Waals surface area contributed by atoms with Gasteiger partial charge in [0.1, 0.15) is 5.69 Å². The number of ether oxygens (including phenoxy) is 1. The molecular weight excluding hydrogens is 282 g/mol. The second-order valence-corrected chi connectivity index (χ2v) is 5.20. The Morgan fingerprint density at radius 1 is 1.27 bits per heavy atom. The lowest BCUT2D eigenvalue weighted by atomic mass is 10.1. The summed E-state index contributed by atoms with van der Waals surface area (Å²) in [4.78, 5) is 16.3. The van der Waals surface area contributed by atoms with Gasteiger partial charge < -0.3 is 19.8 Å². The van der Waals surface area contributed by atoms with Gasteiger partial charge in [-0.15, -0.1) is 0 Å². The molecule has 0 unspecified atom stereocenters. The third-order valence-electron chi connectivity index (χ3n) is 3.64. The van der Waals surface area contributed by atoms with E-state index in [2.05, 4.69) is 15.6 Å². The van der Waals surface area contributed by atoms with Crippen LogP contribution in [0, 0.1) is 0 Å². The van der Waals surface area contributed by atoms with E-state index < -0.39 is 0 Å². The molecule has 1 saturated heterocycles. The summed E-state index contributed by atoms with van der Waals surface area (Å²) in [6.07, 6.45) is 5.04. The maximum absolute atomic E-state index is 12.0. The van der Waals surface area contributed by atoms with Crippen molar-refractivity contribution in [1.29, 1.82) is 0 Å². The monoisotopic (exact) mass is 301 g/mol. The Labute approximate surface area is 128 Å². The number of hydrogen-bond acceptors (Lipinski definition) is 4. The predicted octanol–water partition coefficient (Wildman–Crippen LogP) is 2.32. The molecule has 0 spiro atoms. The molecule has 116 valence electrons. The van der Waals surface area contributed by atoms with Crippen LogP contribution in [0.3, 0.4) is 0 Å². The molecule has 0 aromatic carbocycles. The third kappa shape index (κ3) is 3.65. The summed E-state index contributed by atoms with van der Waals surface area (Å²) in [7, 11) is 0. The van der Waals surface area contributed by atoms with Crippen LogP contribution in [0.4, 0.5) is 4.79 Å². The van der Waals surface area contributed by atoms with Crippen molar-refractivity contribution in [2.75, 3.05) is 13.2 Å². The molecule has 3 rings (SSSR count). The molecule has 3 heterocycles. The van der Waals surface area contributed by atoms with Gasteiger partial charge in [-0.2, -0.15) is 0 Å². The first-order valence-electron chi connectivity index (χ1n) is 7.43.